The summed E-state index contributed by atoms with van der Waals surface area (Å²) in [6.45, 7) is 6.57. The van der Waals surface area contributed by atoms with Gasteiger partial charge < -0.3 is 9.30 Å². The van der Waals surface area contributed by atoms with Crippen molar-refractivity contribution in [1.82, 2.24) is 14.5 Å². The van der Waals surface area contributed by atoms with Gasteiger partial charge in [0.15, 0.2) is 5.78 Å². The second kappa shape index (κ2) is 10.8. The average Bonchev–Trinajstić information content (AvgIpc) is 3.12. The van der Waals surface area contributed by atoms with Crippen LogP contribution in [0.1, 0.15) is 35.7 Å². The Kier molecular flexibility index (Phi) is 8.42. The smallest absolute Gasteiger partial charge is 0.330 e. The SMILES string of the molecule is CCc1ccccc1Cl.COC(=O)/C=C/CN1CCn2c(C(C)=O)cnc2C1. The first kappa shape index (κ1) is 21.9. The summed E-state index contributed by atoms with van der Waals surface area (Å²) in [4.78, 5) is 28.8. The molecule has 1 aromatic carbocycles. The van der Waals surface area contributed by atoms with Crippen LogP contribution in [0.15, 0.2) is 42.6 Å². The zero-order chi connectivity index (χ0) is 20.5. The van der Waals surface area contributed by atoms with E-state index < -0.39 is 0 Å². The van der Waals surface area contributed by atoms with Crippen molar-refractivity contribution in [2.45, 2.75) is 33.4 Å². The summed E-state index contributed by atoms with van der Waals surface area (Å²) in [5.41, 5.74) is 1.89. The van der Waals surface area contributed by atoms with Crippen molar-refractivity contribution < 1.29 is 14.3 Å². The number of carbonyl (C=O) groups excluding carboxylic acids is 2. The molecule has 0 atom stereocenters. The lowest BCUT2D eigenvalue weighted by Crippen LogP contribution is -2.34. The van der Waals surface area contributed by atoms with Crippen LogP contribution in [0, 0.1) is 0 Å². The molecular weight excluding hydrogens is 378 g/mol. The molecule has 0 saturated heterocycles. The van der Waals surface area contributed by atoms with E-state index in [1.165, 1.54) is 18.7 Å². The maximum absolute atomic E-state index is 11.4. The van der Waals surface area contributed by atoms with E-state index in [2.05, 4.69) is 21.5 Å². The maximum Gasteiger partial charge on any atom is 0.330 e. The fraction of sp³-hybridized carbons (Fsp3) is 0.381. The quantitative estimate of drug-likeness (QED) is 0.434. The summed E-state index contributed by atoms with van der Waals surface area (Å²) in [6, 6.07) is 7.91. The molecule has 0 radical (unpaired) electrons. The lowest BCUT2D eigenvalue weighted by molar-refractivity contribution is -0.134. The number of Topliss-reactive ketones (excluding diaryl/α,β-unsaturated/α-hetero) is 1. The number of fused-ring (bicyclic) bond motifs is 1. The molecule has 1 aliphatic heterocycles. The predicted octanol–water partition coefficient (Wildman–Crippen LogP) is 3.53. The van der Waals surface area contributed by atoms with Gasteiger partial charge in [-0.25, -0.2) is 9.78 Å². The fourth-order valence-corrected chi connectivity index (χ4v) is 3.17. The minimum Gasteiger partial charge on any atom is -0.466 e. The summed E-state index contributed by atoms with van der Waals surface area (Å²) in [5, 5.41) is 0.875. The van der Waals surface area contributed by atoms with Gasteiger partial charge in [-0.05, 0) is 18.1 Å². The number of ketones is 1. The van der Waals surface area contributed by atoms with Crippen molar-refractivity contribution in [1.29, 1.82) is 0 Å². The number of halogens is 1. The number of esters is 1. The molecule has 0 fully saturated rings. The van der Waals surface area contributed by atoms with Gasteiger partial charge in [-0.15, -0.1) is 0 Å². The Hall–Kier alpha value is -2.44. The van der Waals surface area contributed by atoms with Crippen LogP contribution in [0.3, 0.4) is 0 Å². The summed E-state index contributed by atoms with van der Waals surface area (Å²) in [7, 11) is 1.35. The molecule has 0 saturated carbocycles. The average molecular weight is 404 g/mol. The number of methoxy groups -OCH3 is 1. The van der Waals surface area contributed by atoms with Crippen molar-refractivity contribution in [2.75, 3.05) is 20.2 Å². The first-order valence-electron chi connectivity index (χ1n) is 9.21. The molecule has 0 bridgehead atoms. The molecule has 6 nitrogen and oxygen atoms in total. The molecule has 150 valence electrons. The van der Waals surface area contributed by atoms with Crippen LogP contribution in [0.4, 0.5) is 0 Å². The number of imidazole rings is 1. The largest absolute Gasteiger partial charge is 0.466 e. The summed E-state index contributed by atoms with van der Waals surface area (Å²) >= 11 is 5.82. The number of benzene rings is 1. The zero-order valence-electron chi connectivity index (χ0n) is 16.5. The van der Waals surface area contributed by atoms with Crippen LogP contribution < -0.4 is 0 Å². The highest BCUT2D eigenvalue weighted by atomic mass is 35.5. The third-order valence-electron chi connectivity index (χ3n) is 4.46. The molecule has 0 spiro atoms. The molecule has 0 unspecified atom stereocenters. The van der Waals surface area contributed by atoms with Crippen molar-refractivity contribution in [3.63, 3.8) is 0 Å². The third-order valence-corrected chi connectivity index (χ3v) is 4.83. The molecule has 0 N–H and O–H groups in total. The van der Waals surface area contributed by atoms with E-state index in [0.29, 0.717) is 18.8 Å². The molecule has 3 rings (SSSR count). The summed E-state index contributed by atoms with van der Waals surface area (Å²) < 4.78 is 6.49. The summed E-state index contributed by atoms with van der Waals surface area (Å²) in [5.74, 6) is 0.582. The van der Waals surface area contributed by atoms with E-state index in [1.54, 1.807) is 19.2 Å². The lowest BCUT2D eigenvalue weighted by atomic mass is 10.2. The Labute approximate surface area is 170 Å². The Bertz CT molecular complexity index is 845. The summed E-state index contributed by atoms with van der Waals surface area (Å²) in [6.07, 6.45) is 5.84. The standard InChI is InChI=1S/C13H17N3O3.C8H9Cl/c1-10(17)11-8-14-12-9-15(6-7-16(11)12)5-3-4-13(18)19-2;1-2-7-5-3-4-6-8(7)9/h3-4,8H,5-7,9H2,1-2H3;3-6H,2H2,1H3/b4-3+;. The molecule has 7 heteroatoms. The number of rotatable bonds is 5. The van der Waals surface area contributed by atoms with Gasteiger partial charge in [-0.3, -0.25) is 9.69 Å². The number of aromatic nitrogens is 2. The van der Waals surface area contributed by atoms with Gasteiger partial charge in [0.1, 0.15) is 11.5 Å². The zero-order valence-corrected chi connectivity index (χ0v) is 17.3. The number of hydrogen-bond donors (Lipinski definition) is 0. The van der Waals surface area contributed by atoms with E-state index in [-0.39, 0.29) is 11.8 Å². The molecule has 1 aliphatic rings. The lowest BCUT2D eigenvalue weighted by Gasteiger charge is -2.27. The van der Waals surface area contributed by atoms with Gasteiger partial charge in [-0.2, -0.15) is 0 Å². The second-order valence-electron chi connectivity index (χ2n) is 6.37. The van der Waals surface area contributed by atoms with Crippen LogP contribution in [0.2, 0.25) is 5.02 Å². The Morgan fingerprint density at radius 1 is 1.29 bits per heavy atom. The van der Waals surface area contributed by atoms with E-state index >= 15 is 0 Å². The molecule has 28 heavy (non-hydrogen) atoms. The monoisotopic (exact) mass is 403 g/mol. The van der Waals surface area contributed by atoms with Crippen LogP contribution in [-0.2, 0) is 29.0 Å². The molecule has 2 aromatic rings. The Balaban J connectivity index is 0.000000261. The van der Waals surface area contributed by atoms with Crippen molar-refractivity contribution in [2.24, 2.45) is 0 Å². The molecule has 0 aliphatic carbocycles. The highest BCUT2D eigenvalue weighted by Gasteiger charge is 2.20. The molecule has 1 aromatic heterocycles. The maximum atomic E-state index is 11.4. The number of aryl methyl sites for hydroxylation is 1. The van der Waals surface area contributed by atoms with Crippen LogP contribution in [0.25, 0.3) is 0 Å². The minimum absolute atomic E-state index is 0.0396. The van der Waals surface area contributed by atoms with Crippen molar-refractivity contribution in [3.05, 3.63) is 64.7 Å². The Morgan fingerprint density at radius 2 is 2.04 bits per heavy atom. The topological polar surface area (TPSA) is 64.4 Å². The highest BCUT2D eigenvalue weighted by Crippen LogP contribution is 2.15. The molecule has 2 heterocycles. The molecular formula is C21H26ClN3O3. The number of ether oxygens (including phenoxy) is 1. The number of nitrogens with zero attached hydrogens (tertiary/aromatic N) is 3. The van der Waals surface area contributed by atoms with Gasteiger partial charge in [0.2, 0.25) is 0 Å². The van der Waals surface area contributed by atoms with Crippen LogP contribution in [0.5, 0.6) is 0 Å². The van der Waals surface area contributed by atoms with Crippen molar-refractivity contribution >= 4 is 23.4 Å². The first-order valence-corrected chi connectivity index (χ1v) is 9.59. The van der Waals surface area contributed by atoms with Gasteiger partial charge in [0.05, 0.1) is 19.9 Å². The van der Waals surface area contributed by atoms with Crippen molar-refractivity contribution in [3.8, 4) is 0 Å². The number of hydrogen-bond acceptors (Lipinski definition) is 5. The first-order chi connectivity index (χ1) is 13.5. The van der Waals surface area contributed by atoms with Gasteiger partial charge in [0.25, 0.3) is 0 Å². The fourth-order valence-electron chi connectivity index (χ4n) is 2.90. The predicted molar refractivity (Wildman–Crippen MR) is 109 cm³/mol. The van der Waals surface area contributed by atoms with Gasteiger partial charge in [-0.1, -0.05) is 42.8 Å². The Morgan fingerprint density at radius 3 is 2.64 bits per heavy atom. The van der Waals surface area contributed by atoms with Gasteiger partial charge in [0, 0.05) is 37.7 Å². The van der Waals surface area contributed by atoms with Crippen LogP contribution >= 0.6 is 11.6 Å². The number of carbonyl (C=O) groups is 2. The van der Waals surface area contributed by atoms with Crippen LogP contribution in [-0.4, -0.2) is 46.4 Å². The van der Waals surface area contributed by atoms with E-state index in [4.69, 9.17) is 11.6 Å². The van der Waals surface area contributed by atoms with E-state index in [9.17, 15) is 9.59 Å². The molecule has 0 amide bonds. The highest BCUT2D eigenvalue weighted by molar-refractivity contribution is 6.31. The van der Waals surface area contributed by atoms with Gasteiger partial charge >= 0.3 is 5.97 Å². The second-order valence-corrected chi connectivity index (χ2v) is 6.78. The van der Waals surface area contributed by atoms with E-state index in [1.807, 2.05) is 28.8 Å². The normalized spacial score (nSPS) is 13.6. The minimum atomic E-state index is -0.350. The third kappa shape index (κ3) is 6.04. The van der Waals surface area contributed by atoms with E-state index in [0.717, 1.165) is 30.4 Å².